The summed E-state index contributed by atoms with van der Waals surface area (Å²) in [6.45, 7) is 0. The molecule has 4 heteroatoms. The van der Waals surface area contributed by atoms with E-state index < -0.39 is 0 Å². The van der Waals surface area contributed by atoms with Crippen LogP contribution in [0.5, 0.6) is 11.5 Å². The lowest BCUT2D eigenvalue weighted by Gasteiger charge is -2.11. The Morgan fingerprint density at radius 3 is 2.52 bits per heavy atom. The van der Waals surface area contributed by atoms with Crippen molar-refractivity contribution in [3.63, 3.8) is 0 Å². The highest BCUT2D eigenvalue weighted by Crippen LogP contribution is 2.32. The maximum absolute atomic E-state index is 12.2. The molecule has 0 spiro atoms. The molecule has 1 N–H and O–H groups in total. The van der Waals surface area contributed by atoms with E-state index in [4.69, 9.17) is 9.47 Å². The topological polar surface area (TPSA) is 51.3 Å². The van der Waals surface area contributed by atoms with Crippen LogP contribution in [-0.2, 0) is 0 Å². The predicted octanol–water partition coefficient (Wildman–Crippen LogP) is 3.21. The van der Waals surface area contributed by atoms with Crippen LogP contribution in [0.3, 0.4) is 0 Å². The number of pyridine rings is 1. The number of fused-ring (bicyclic) bond motifs is 1. The molecule has 0 saturated carbocycles. The minimum Gasteiger partial charge on any atom is -0.497 e. The maximum Gasteiger partial charge on any atom is 0.190 e. The third-order valence-corrected chi connectivity index (χ3v) is 3.44. The summed E-state index contributed by atoms with van der Waals surface area (Å²) >= 11 is 0. The van der Waals surface area contributed by atoms with Gasteiger partial charge in [-0.1, -0.05) is 12.1 Å². The fourth-order valence-electron chi connectivity index (χ4n) is 2.36. The van der Waals surface area contributed by atoms with Gasteiger partial charge in [0.25, 0.3) is 0 Å². The minimum absolute atomic E-state index is 0.0165. The highest BCUT2D eigenvalue weighted by molar-refractivity contribution is 5.82. The molecule has 0 aliphatic heterocycles. The summed E-state index contributed by atoms with van der Waals surface area (Å²) in [6, 6.07) is 14.5. The molecular weight excluding hydrogens is 266 g/mol. The van der Waals surface area contributed by atoms with Crippen LogP contribution < -0.4 is 14.9 Å². The molecule has 0 unspecified atom stereocenters. The molecule has 4 nitrogen and oxygen atoms in total. The number of para-hydroxylation sites is 1. The molecule has 0 bridgehead atoms. The van der Waals surface area contributed by atoms with Crippen LogP contribution in [0.1, 0.15) is 0 Å². The summed E-state index contributed by atoms with van der Waals surface area (Å²) in [5, 5.41) is 0.675. The molecule has 3 aromatic rings. The third kappa shape index (κ3) is 2.36. The molecule has 21 heavy (non-hydrogen) atoms. The number of aromatic nitrogens is 1. The van der Waals surface area contributed by atoms with E-state index in [9.17, 15) is 4.79 Å². The SMILES string of the molecule is COc1ccc(-c2cc(=O)c3ccccc3[nH]2)c(OC)c1. The Morgan fingerprint density at radius 1 is 0.952 bits per heavy atom. The van der Waals surface area contributed by atoms with Gasteiger partial charge in [0.2, 0.25) is 0 Å². The predicted molar refractivity (Wildman–Crippen MR) is 83.1 cm³/mol. The highest BCUT2D eigenvalue weighted by Gasteiger charge is 2.10. The van der Waals surface area contributed by atoms with Crippen LogP contribution in [-0.4, -0.2) is 19.2 Å². The highest BCUT2D eigenvalue weighted by atomic mass is 16.5. The molecule has 1 aromatic heterocycles. The molecular formula is C17H15NO3. The number of ether oxygens (including phenoxy) is 2. The van der Waals surface area contributed by atoms with E-state index in [1.165, 1.54) is 0 Å². The zero-order valence-corrected chi connectivity index (χ0v) is 11.8. The number of methoxy groups -OCH3 is 2. The average Bonchev–Trinajstić information content (AvgIpc) is 2.54. The first-order valence-electron chi connectivity index (χ1n) is 6.57. The fourth-order valence-corrected chi connectivity index (χ4v) is 2.36. The van der Waals surface area contributed by atoms with Gasteiger partial charge >= 0.3 is 0 Å². The Balaban J connectivity index is 2.23. The third-order valence-electron chi connectivity index (χ3n) is 3.44. The average molecular weight is 281 g/mol. The zero-order valence-electron chi connectivity index (χ0n) is 11.8. The fraction of sp³-hybridized carbons (Fsp3) is 0.118. The number of hydrogen-bond donors (Lipinski definition) is 1. The molecule has 0 aliphatic carbocycles. The van der Waals surface area contributed by atoms with E-state index in [0.29, 0.717) is 16.9 Å². The second-order valence-electron chi connectivity index (χ2n) is 4.66. The Morgan fingerprint density at radius 2 is 1.76 bits per heavy atom. The van der Waals surface area contributed by atoms with Crippen LogP contribution in [0.25, 0.3) is 22.2 Å². The molecule has 0 aliphatic rings. The Labute approximate surface area is 122 Å². The monoisotopic (exact) mass is 281 g/mol. The first kappa shape index (κ1) is 13.2. The Kier molecular flexibility index (Phi) is 3.36. The molecule has 2 aromatic carbocycles. The number of nitrogens with one attached hydrogen (secondary N) is 1. The zero-order chi connectivity index (χ0) is 14.8. The van der Waals surface area contributed by atoms with Gasteiger partial charge in [0.05, 0.1) is 19.9 Å². The standard InChI is InChI=1S/C17H15NO3/c1-20-11-7-8-13(17(9-11)21-2)15-10-16(19)12-5-3-4-6-14(12)18-15/h3-10H,1-2H3,(H,18,19). The molecule has 0 radical (unpaired) electrons. The summed E-state index contributed by atoms with van der Waals surface area (Å²) in [4.78, 5) is 15.5. The van der Waals surface area contributed by atoms with Gasteiger partial charge in [-0.2, -0.15) is 0 Å². The molecule has 0 fully saturated rings. The summed E-state index contributed by atoms with van der Waals surface area (Å²) < 4.78 is 10.6. The molecule has 0 saturated heterocycles. The normalized spacial score (nSPS) is 10.6. The van der Waals surface area contributed by atoms with Crippen LogP contribution in [0.2, 0.25) is 0 Å². The summed E-state index contributed by atoms with van der Waals surface area (Å²) in [5.74, 6) is 1.36. The van der Waals surface area contributed by atoms with Gasteiger partial charge in [0.1, 0.15) is 11.5 Å². The summed E-state index contributed by atoms with van der Waals surface area (Å²) in [6.07, 6.45) is 0. The summed E-state index contributed by atoms with van der Waals surface area (Å²) in [7, 11) is 3.20. The number of rotatable bonds is 3. The van der Waals surface area contributed by atoms with Crippen LogP contribution >= 0.6 is 0 Å². The quantitative estimate of drug-likeness (QED) is 0.802. The molecule has 106 valence electrons. The first-order valence-corrected chi connectivity index (χ1v) is 6.57. The summed E-state index contributed by atoms with van der Waals surface area (Å²) in [5.41, 5.74) is 2.33. The molecule has 0 amide bonds. The van der Waals surface area contributed by atoms with Crippen molar-refractivity contribution in [2.75, 3.05) is 14.2 Å². The Bertz CT molecular complexity index is 852. The van der Waals surface area contributed by atoms with Crippen molar-refractivity contribution in [1.82, 2.24) is 4.98 Å². The lowest BCUT2D eigenvalue weighted by molar-refractivity contribution is 0.395. The van der Waals surface area contributed by atoms with E-state index in [0.717, 1.165) is 16.8 Å². The second kappa shape index (κ2) is 5.32. The van der Waals surface area contributed by atoms with Gasteiger partial charge in [0.15, 0.2) is 5.43 Å². The van der Waals surface area contributed by atoms with E-state index in [1.807, 2.05) is 36.4 Å². The molecule has 1 heterocycles. The van der Waals surface area contributed by atoms with Gasteiger partial charge in [-0.3, -0.25) is 4.79 Å². The number of benzene rings is 2. The minimum atomic E-state index is -0.0165. The van der Waals surface area contributed by atoms with Gasteiger partial charge in [-0.15, -0.1) is 0 Å². The van der Waals surface area contributed by atoms with Gasteiger partial charge < -0.3 is 14.5 Å². The van der Waals surface area contributed by atoms with Crippen molar-refractivity contribution in [3.05, 3.63) is 58.8 Å². The lowest BCUT2D eigenvalue weighted by atomic mass is 10.1. The van der Waals surface area contributed by atoms with Crippen molar-refractivity contribution in [2.24, 2.45) is 0 Å². The maximum atomic E-state index is 12.2. The van der Waals surface area contributed by atoms with Gasteiger partial charge in [0, 0.05) is 28.6 Å². The molecule has 3 rings (SSSR count). The van der Waals surface area contributed by atoms with Gasteiger partial charge in [-0.05, 0) is 24.3 Å². The van der Waals surface area contributed by atoms with E-state index >= 15 is 0 Å². The van der Waals surface area contributed by atoms with Crippen molar-refractivity contribution >= 4 is 10.9 Å². The smallest absolute Gasteiger partial charge is 0.190 e. The number of H-pyrrole nitrogens is 1. The van der Waals surface area contributed by atoms with Crippen molar-refractivity contribution in [2.45, 2.75) is 0 Å². The largest absolute Gasteiger partial charge is 0.497 e. The van der Waals surface area contributed by atoms with Crippen LogP contribution in [0, 0.1) is 0 Å². The first-order chi connectivity index (χ1) is 10.2. The van der Waals surface area contributed by atoms with Crippen molar-refractivity contribution < 1.29 is 9.47 Å². The molecule has 0 atom stereocenters. The number of aromatic amines is 1. The number of hydrogen-bond acceptors (Lipinski definition) is 3. The Hall–Kier alpha value is -2.75. The van der Waals surface area contributed by atoms with Crippen molar-refractivity contribution in [3.8, 4) is 22.8 Å². The lowest BCUT2D eigenvalue weighted by Crippen LogP contribution is -2.03. The van der Waals surface area contributed by atoms with Gasteiger partial charge in [-0.25, -0.2) is 0 Å². The van der Waals surface area contributed by atoms with Crippen LogP contribution in [0.15, 0.2) is 53.3 Å². The van der Waals surface area contributed by atoms with E-state index in [1.54, 1.807) is 26.4 Å². The van der Waals surface area contributed by atoms with Crippen LogP contribution in [0.4, 0.5) is 0 Å². The van der Waals surface area contributed by atoms with E-state index in [-0.39, 0.29) is 5.43 Å². The van der Waals surface area contributed by atoms with E-state index in [2.05, 4.69) is 4.98 Å². The second-order valence-corrected chi connectivity index (χ2v) is 4.66. The van der Waals surface area contributed by atoms with Crippen molar-refractivity contribution in [1.29, 1.82) is 0 Å².